The molecule has 0 bridgehead atoms. The number of rotatable bonds is 7. The second-order valence-corrected chi connectivity index (χ2v) is 7.53. The fourth-order valence-electron chi connectivity index (χ4n) is 2.17. The molecule has 138 valence electrons. The van der Waals surface area contributed by atoms with E-state index in [-0.39, 0.29) is 22.1 Å². The van der Waals surface area contributed by atoms with Gasteiger partial charge in [0.15, 0.2) is 0 Å². The molecule has 4 nitrogen and oxygen atoms in total. The quantitative estimate of drug-likeness (QED) is 0.623. The van der Waals surface area contributed by atoms with Crippen molar-refractivity contribution in [1.82, 2.24) is 0 Å². The highest BCUT2D eigenvalue weighted by Crippen LogP contribution is 2.27. The summed E-state index contributed by atoms with van der Waals surface area (Å²) in [7, 11) is 0. The number of halogens is 2. The Kier molecular flexibility index (Phi) is 7.48. The minimum absolute atomic E-state index is 0.0337. The van der Waals surface area contributed by atoms with Crippen LogP contribution < -0.4 is 10.6 Å². The van der Waals surface area contributed by atoms with E-state index < -0.39 is 5.82 Å². The van der Waals surface area contributed by atoms with Crippen LogP contribution in [0.2, 0.25) is 5.02 Å². The topological polar surface area (TPSA) is 58.2 Å². The number of anilines is 2. The van der Waals surface area contributed by atoms with Crippen molar-refractivity contribution < 1.29 is 14.0 Å². The Labute approximate surface area is 161 Å². The molecular weight excluding hydrogens is 375 g/mol. The van der Waals surface area contributed by atoms with Crippen molar-refractivity contribution >= 4 is 46.6 Å². The van der Waals surface area contributed by atoms with Gasteiger partial charge in [-0.05, 0) is 49.7 Å². The van der Waals surface area contributed by atoms with Gasteiger partial charge in [0.05, 0.1) is 10.3 Å². The monoisotopic (exact) mass is 394 g/mol. The molecule has 0 saturated carbocycles. The fraction of sp³-hybridized carbons (Fsp3) is 0.263. The molecule has 1 unspecified atom stereocenters. The third kappa shape index (κ3) is 6.04. The number of benzene rings is 2. The van der Waals surface area contributed by atoms with Gasteiger partial charge in [0, 0.05) is 22.7 Å². The van der Waals surface area contributed by atoms with Crippen LogP contribution in [0.3, 0.4) is 0 Å². The SMILES string of the molecule is CCCC(=O)Nc1cccc(SC(C)C(=O)Nc2ccc(F)c(Cl)c2)c1. The summed E-state index contributed by atoms with van der Waals surface area (Å²) in [5.74, 6) is -0.791. The van der Waals surface area contributed by atoms with Crippen molar-refractivity contribution in [3.8, 4) is 0 Å². The fourth-order valence-corrected chi connectivity index (χ4v) is 3.28. The molecule has 2 aromatic rings. The molecule has 2 aromatic carbocycles. The minimum Gasteiger partial charge on any atom is -0.326 e. The zero-order valence-electron chi connectivity index (χ0n) is 14.5. The summed E-state index contributed by atoms with van der Waals surface area (Å²) in [5.41, 5.74) is 1.14. The molecular formula is C19H20ClFN2O2S. The zero-order chi connectivity index (χ0) is 19.1. The molecule has 0 aliphatic heterocycles. The van der Waals surface area contributed by atoms with Crippen LogP contribution in [0.1, 0.15) is 26.7 Å². The Hall–Kier alpha value is -2.05. The Bertz CT molecular complexity index is 801. The summed E-state index contributed by atoms with van der Waals surface area (Å²) < 4.78 is 13.2. The number of nitrogens with one attached hydrogen (secondary N) is 2. The number of hydrogen-bond acceptors (Lipinski definition) is 3. The van der Waals surface area contributed by atoms with E-state index in [9.17, 15) is 14.0 Å². The van der Waals surface area contributed by atoms with E-state index >= 15 is 0 Å². The van der Waals surface area contributed by atoms with Crippen molar-refractivity contribution in [3.63, 3.8) is 0 Å². The number of carbonyl (C=O) groups excluding carboxylic acids is 2. The lowest BCUT2D eigenvalue weighted by molar-refractivity contribution is -0.116. The van der Waals surface area contributed by atoms with E-state index in [0.29, 0.717) is 17.8 Å². The molecule has 0 radical (unpaired) electrons. The van der Waals surface area contributed by atoms with Gasteiger partial charge in [-0.2, -0.15) is 0 Å². The molecule has 2 N–H and O–H groups in total. The van der Waals surface area contributed by atoms with E-state index in [1.165, 1.54) is 30.0 Å². The largest absolute Gasteiger partial charge is 0.326 e. The summed E-state index contributed by atoms with van der Waals surface area (Å²) in [6.07, 6.45) is 1.25. The lowest BCUT2D eigenvalue weighted by Crippen LogP contribution is -2.22. The third-order valence-corrected chi connectivity index (χ3v) is 4.85. The van der Waals surface area contributed by atoms with Gasteiger partial charge >= 0.3 is 0 Å². The highest BCUT2D eigenvalue weighted by Gasteiger charge is 2.15. The van der Waals surface area contributed by atoms with E-state index in [0.717, 1.165) is 11.3 Å². The van der Waals surface area contributed by atoms with Crippen LogP contribution in [-0.4, -0.2) is 17.1 Å². The zero-order valence-corrected chi connectivity index (χ0v) is 16.1. The van der Waals surface area contributed by atoms with Crippen molar-refractivity contribution in [2.45, 2.75) is 36.8 Å². The van der Waals surface area contributed by atoms with Gasteiger partial charge in [0.2, 0.25) is 11.8 Å². The average molecular weight is 395 g/mol. The number of amides is 2. The molecule has 7 heteroatoms. The summed E-state index contributed by atoms with van der Waals surface area (Å²) in [6.45, 7) is 3.72. The molecule has 0 saturated heterocycles. The molecule has 26 heavy (non-hydrogen) atoms. The Morgan fingerprint density at radius 2 is 1.88 bits per heavy atom. The third-order valence-electron chi connectivity index (χ3n) is 3.46. The van der Waals surface area contributed by atoms with Crippen LogP contribution in [0.25, 0.3) is 0 Å². The van der Waals surface area contributed by atoms with Gasteiger partial charge in [-0.1, -0.05) is 24.6 Å². The predicted molar refractivity (Wildman–Crippen MR) is 105 cm³/mol. The van der Waals surface area contributed by atoms with Crippen LogP contribution in [-0.2, 0) is 9.59 Å². The molecule has 0 aliphatic rings. The number of carbonyl (C=O) groups is 2. The van der Waals surface area contributed by atoms with E-state index in [1.807, 2.05) is 31.2 Å². The molecule has 0 fully saturated rings. The van der Waals surface area contributed by atoms with Gasteiger partial charge < -0.3 is 10.6 Å². The highest BCUT2D eigenvalue weighted by molar-refractivity contribution is 8.00. The lowest BCUT2D eigenvalue weighted by Gasteiger charge is -2.13. The summed E-state index contributed by atoms with van der Waals surface area (Å²) in [5, 5.41) is 5.12. The highest BCUT2D eigenvalue weighted by atomic mass is 35.5. The van der Waals surface area contributed by atoms with Crippen LogP contribution in [0.15, 0.2) is 47.4 Å². The Morgan fingerprint density at radius 1 is 1.15 bits per heavy atom. The molecule has 0 aliphatic carbocycles. The van der Waals surface area contributed by atoms with Crippen LogP contribution in [0, 0.1) is 5.82 Å². The molecule has 0 heterocycles. The molecule has 2 rings (SSSR count). The summed E-state index contributed by atoms with van der Waals surface area (Å²) >= 11 is 7.08. The number of hydrogen-bond donors (Lipinski definition) is 2. The van der Waals surface area contributed by atoms with E-state index in [2.05, 4.69) is 10.6 Å². The lowest BCUT2D eigenvalue weighted by atomic mass is 10.3. The first-order valence-corrected chi connectivity index (χ1v) is 9.47. The van der Waals surface area contributed by atoms with Gasteiger partial charge in [0.1, 0.15) is 5.82 Å². The first-order chi connectivity index (χ1) is 12.4. The van der Waals surface area contributed by atoms with Crippen LogP contribution >= 0.6 is 23.4 Å². The van der Waals surface area contributed by atoms with Gasteiger partial charge in [-0.15, -0.1) is 11.8 Å². The Balaban J connectivity index is 1.97. The van der Waals surface area contributed by atoms with Crippen molar-refractivity contribution in [2.24, 2.45) is 0 Å². The number of thioether (sulfide) groups is 1. The van der Waals surface area contributed by atoms with Gasteiger partial charge in [-0.3, -0.25) is 9.59 Å². The van der Waals surface area contributed by atoms with Crippen LogP contribution in [0.4, 0.5) is 15.8 Å². The van der Waals surface area contributed by atoms with E-state index in [4.69, 9.17) is 11.6 Å². The first-order valence-electron chi connectivity index (χ1n) is 8.21. The average Bonchev–Trinajstić information content (AvgIpc) is 2.58. The standard InChI is InChI=1S/C19H20ClFN2O2S/c1-3-5-18(24)22-13-6-4-7-15(10-13)26-12(2)19(25)23-14-8-9-17(21)16(20)11-14/h4,6-12H,3,5H2,1-2H3,(H,22,24)(H,23,25). The second-order valence-electron chi connectivity index (χ2n) is 5.70. The smallest absolute Gasteiger partial charge is 0.237 e. The molecule has 1 atom stereocenters. The normalized spacial score (nSPS) is 11.7. The van der Waals surface area contributed by atoms with Crippen molar-refractivity contribution in [3.05, 3.63) is 53.3 Å². The first kappa shape index (κ1) is 20.3. The maximum absolute atomic E-state index is 13.2. The minimum atomic E-state index is -0.533. The second kappa shape index (κ2) is 9.59. The molecule has 0 spiro atoms. The van der Waals surface area contributed by atoms with Crippen molar-refractivity contribution in [2.75, 3.05) is 10.6 Å². The predicted octanol–water partition coefficient (Wildman–Crippen LogP) is 5.34. The van der Waals surface area contributed by atoms with E-state index in [1.54, 1.807) is 6.92 Å². The molecule has 0 aromatic heterocycles. The maximum atomic E-state index is 13.2. The Morgan fingerprint density at radius 3 is 2.58 bits per heavy atom. The van der Waals surface area contributed by atoms with Crippen LogP contribution in [0.5, 0.6) is 0 Å². The van der Waals surface area contributed by atoms with Gasteiger partial charge in [0.25, 0.3) is 0 Å². The molecule has 2 amide bonds. The van der Waals surface area contributed by atoms with Crippen molar-refractivity contribution in [1.29, 1.82) is 0 Å². The summed E-state index contributed by atoms with van der Waals surface area (Å²) in [6, 6.07) is 11.4. The maximum Gasteiger partial charge on any atom is 0.237 e. The van der Waals surface area contributed by atoms with Gasteiger partial charge in [-0.25, -0.2) is 4.39 Å². The summed E-state index contributed by atoms with van der Waals surface area (Å²) in [4.78, 5) is 24.9.